The molecule has 91 valence electrons. The van der Waals surface area contributed by atoms with Gasteiger partial charge in [0.15, 0.2) is 7.38 Å². The van der Waals surface area contributed by atoms with Crippen LogP contribution in [-0.4, -0.2) is 7.38 Å². The number of hydrogen-bond acceptors (Lipinski definition) is 0. The molecule has 2 rings (SSSR count). The molecule has 0 aromatic carbocycles. The minimum Gasteiger partial charge on any atom is -1.00 e. The van der Waals surface area contributed by atoms with Crippen LogP contribution in [0.5, 0.6) is 0 Å². The van der Waals surface area contributed by atoms with E-state index in [1.54, 1.807) is 0 Å². The van der Waals surface area contributed by atoms with Crippen LogP contribution >= 0.6 is 11.1 Å². The molecule has 0 saturated heterocycles. The van der Waals surface area contributed by atoms with Gasteiger partial charge in [0.1, 0.15) is 0 Å². The van der Waals surface area contributed by atoms with E-state index in [0.717, 1.165) is 12.8 Å². The number of halogens is 3. The zero-order valence-electron chi connectivity index (χ0n) is 9.86. The largest absolute Gasteiger partial charge is 3.00 e. The molecule has 0 bridgehead atoms. The maximum Gasteiger partial charge on any atom is 3.00 e. The quantitative estimate of drug-likeness (QED) is 0.308. The van der Waals surface area contributed by atoms with Gasteiger partial charge in [0, 0.05) is 0 Å². The summed E-state index contributed by atoms with van der Waals surface area (Å²) in [4.78, 5) is 0. The van der Waals surface area contributed by atoms with Crippen LogP contribution in [0.2, 0.25) is 13.1 Å². The molecule has 0 unspecified atom stereocenters. The Balaban J connectivity index is 0. The summed E-state index contributed by atoms with van der Waals surface area (Å²) in [5.41, 5.74) is 2.68. The van der Waals surface area contributed by atoms with Crippen molar-refractivity contribution in [2.75, 3.05) is 0 Å². The summed E-state index contributed by atoms with van der Waals surface area (Å²) in [7, 11) is -1.68. The molecular weight excluding hydrogens is 326 g/mol. The number of allylic oxidation sites excluding steroid dienone is 8. The summed E-state index contributed by atoms with van der Waals surface area (Å²) >= 11 is 6.48. The average molecular weight is 341 g/mol. The van der Waals surface area contributed by atoms with Gasteiger partial charge in [-0.05, 0) is 0 Å². The molecule has 0 aromatic rings. The number of rotatable bonds is 2. The van der Waals surface area contributed by atoms with E-state index in [1.165, 1.54) is 16.3 Å². The van der Waals surface area contributed by atoms with Crippen LogP contribution in [0, 0.1) is 6.08 Å². The van der Waals surface area contributed by atoms with Crippen molar-refractivity contribution in [3.63, 3.8) is 0 Å². The van der Waals surface area contributed by atoms with E-state index in [4.69, 9.17) is 11.1 Å². The minimum atomic E-state index is -1.68. The summed E-state index contributed by atoms with van der Waals surface area (Å²) in [5.74, 6) is 0. The molecule has 0 nitrogen and oxygen atoms in total. The maximum absolute atomic E-state index is 6.48. The third kappa shape index (κ3) is 4.74. The second-order valence-corrected chi connectivity index (χ2v) is 10.5. The van der Waals surface area contributed by atoms with Gasteiger partial charge in [-0.2, -0.15) is 28.8 Å². The maximum atomic E-state index is 6.48. The molecule has 0 aromatic heterocycles. The van der Waals surface area contributed by atoms with E-state index in [0.29, 0.717) is 0 Å². The summed E-state index contributed by atoms with van der Waals surface area (Å²) in [5, 5.41) is 1.38. The molecule has 5 heteroatoms. The minimum absolute atomic E-state index is 0. The van der Waals surface area contributed by atoms with Gasteiger partial charge in [-0.25, -0.2) is 0 Å². The second kappa shape index (κ2) is 8.04. The van der Waals surface area contributed by atoms with Crippen molar-refractivity contribution in [1.82, 2.24) is 0 Å². The average Bonchev–Trinajstić information content (AvgIpc) is 2.73. The molecule has 0 fully saturated rings. The van der Waals surface area contributed by atoms with Gasteiger partial charge in [0.05, 0.1) is 0 Å². The Morgan fingerprint density at radius 1 is 1.18 bits per heavy atom. The van der Waals surface area contributed by atoms with E-state index >= 15 is 0 Å². The van der Waals surface area contributed by atoms with Crippen LogP contribution < -0.4 is 24.8 Å². The Hall–Kier alpha value is 0.761. The molecule has 0 amide bonds. The van der Waals surface area contributed by atoms with Gasteiger partial charge in [0.2, 0.25) is 0 Å². The van der Waals surface area contributed by atoms with Crippen LogP contribution in [0.4, 0.5) is 0 Å². The zero-order chi connectivity index (χ0) is 10.2. The topological polar surface area (TPSA) is 0 Å². The first-order valence-corrected chi connectivity index (χ1v) is 8.97. The van der Waals surface area contributed by atoms with Crippen molar-refractivity contribution in [2.45, 2.75) is 25.9 Å². The zero-order valence-corrected chi connectivity index (χ0v) is 14.7. The predicted molar refractivity (Wildman–Crippen MR) is 64.6 cm³/mol. The fourth-order valence-corrected chi connectivity index (χ4v) is 3.93. The van der Waals surface area contributed by atoms with E-state index in [9.17, 15) is 0 Å². The van der Waals surface area contributed by atoms with Gasteiger partial charge >= 0.3 is 21.7 Å². The summed E-state index contributed by atoms with van der Waals surface area (Å²) < 4.78 is 0. The third-order valence-electron chi connectivity index (χ3n) is 2.59. The molecule has 0 heterocycles. The molecule has 2 aliphatic carbocycles. The Kier molecular flexibility index (Phi) is 9.50. The fourth-order valence-electron chi connectivity index (χ4n) is 1.93. The first kappa shape index (κ1) is 20.1. The van der Waals surface area contributed by atoms with E-state index in [-0.39, 0.29) is 46.5 Å². The molecule has 17 heavy (non-hydrogen) atoms. The predicted octanol–water partition coefficient (Wildman–Crippen LogP) is -2.08. The first-order valence-electron chi connectivity index (χ1n) is 4.96. The number of hydrogen-bond donors (Lipinski definition) is 0. The van der Waals surface area contributed by atoms with E-state index < -0.39 is 7.38 Å². The first-order chi connectivity index (χ1) is 6.59. The summed E-state index contributed by atoms with van der Waals surface area (Å²) in [6, 6.07) is 0. The van der Waals surface area contributed by atoms with Crippen LogP contribution in [0.3, 0.4) is 0 Å². The van der Waals surface area contributed by atoms with Gasteiger partial charge in [-0.1, -0.05) is 43.3 Å². The summed E-state index contributed by atoms with van der Waals surface area (Å²) in [6.07, 6.45) is 14.1. The van der Waals surface area contributed by atoms with E-state index in [1.807, 2.05) is 0 Å². The Labute approximate surface area is 137 Å². The van der Waals surface area contributed by atoms with Crippen molar-refractivity contribution in [3.8, 4) is 0 Å². The van der Waals surface area contributed by atoms with Crippen molar-refractivity contribution in [1.29, 1.82) is 0 Å². The Morgan fingerprint density at radius 2 is 1.82 bits per heavy atom. The molecule has 2 aliphatic rings. The molecule has 1 radical (unpaired) electrons. The Morgan fingerprint density at radius 3 is 2.29 bits per heavy atom. The fraction of sp³-hybridized carbons (Fsp3) is 0.333. The van der Waals surface area contributed by atoms with Gasteiger partial charge in [-0.3, -0.25) is 0 Å². The van der Waals surface area contributed by atoms with E-state index in [2.05, 4.69) is 43.5 Å². The molecular formula is C12H14Cl3SiTi. The molecule has 0 aliphatic heterocycles. The van der Waals surface area contributed by atoms with Crippen molar-refractivity contribution in [3.05, 3.63) is 46.7 Å². The van der Waals surface area contributed by atoms with Crippen molar-refractivity contribution in [2.24, 2.45) is 0 Å². The standard InChI is InChI=1S/C12H14ClSi.2ClH.Ti/c1-14(2,13)12-9-5-8-11(12)10-6-3-4-7-10;;;/h3,5-6,9H,4,8H2,1-2H3;2*1H;/q-1;;;+3/p-2. The van der Waals surface area contributed by atoms with Crippen LogP contribution in [0.15, 0.2) is 40.6 Å². The Bertz CT molecular complexity index is 376. The summed E-state index contributed by atoms with van der Waals surface area (Å²) in [6.45, 7) is 4.36. The molecule has 0 atom stereocenters. The van der Waals surface area contributed by atoms with Crippen molar-refractivity contribution < 1.29 is 46.5 Å². The van der Waals surface area contributed by atoms with Gasteiger partial charge < -0.3 is 24.8 Å². The monoisotopic (exact) mass is 339 g/mol. The molecule has 0 spiro atoms. The van der Waals surface area contributed by atoms with Crippen LogP contribution in [0.1, 0.15) is 12.8 Å². The third-order valence-corrected chi connectivity index (χ3v) is 4.95. The van der Waals surface area contributed by atoms with Crippen molar-refractivity contribution >= 4 is 18.5 Å². The van der Waals surface area contributed by atoms with Gasteiger partial charge in [0.25, 0.3) is 0 Å². The van der Waals surface area contributed by atoms with Gasteiger partial charge in [-0.15, -0.1) is 11.6 Å². The molecule has 0 N–H and O–H groups in total. The molecule has 0 saturated carbocycles. The smallest absolute Gasteiger partial charge is 1.00 e. The second-order valence-electron chi connectivity index (χ2n) is 4.17. The normalized spacial score (nSPS) is 17.2. The van der Waals surface area contributed by atoms with Crippen LogP contribution in [-0.2, 0) is 21.7 Å². The SMILES string of the molecule is C[Si](C)(Cl)C1=C(C2=[C-]CC=C2)CC=C1.[Cl-].[Cl-].[Ti+3]. The van der Waals surface area contributed by atoms with Crippen LogP contribution in [0.25, 0.3) is 0 Å².